The average molecular weight is 258 g/mol. The molecule has 0 unspecified atom stereocenters. The number of benzene rings is 1. The van der Waals surface area contributed by atoms with Crippen LogP contribution in [0.25, 0.3) is 10.9 Å². The second-order valence-electron chi connectivity index (χ2n) is 5.53. The fourth-order valence-corrected chi connectivity index (χ4v) is 2.47. The Bertz CT molecular complexity index is 623. The molecule has 0 aliphatic heterocycles. The van der Waals surface area contributed by atoms with Gasteiger partial charge >= 0.3 is 0 Å². The van der Waals surface area contributed by atoms with Crippen LogP contribution in [0, 0.1) is 20.8 Å². The third-order valence-corrected chi connectivity index (χ3v) is 3.51. The molecule has 0 saturated heterocycles. The lowest BCUT2D eigenvalue weighted by molar-refractivity contribution is 0.0989. The molecule has 0 bridgehead atoms. The van der Waals surface area contributed by atoms with Crippen LogP contribution in [0.3, 0.4) is 0 Å². The highest BCUT2D eigenvalue weighted by molar-refractivity contribution is 6.11. The number of nitrogens with one attached hydrogen (secondary N) is 2. The van der Waals surface area contributed by atoms with Crippen LogP contribution in [0.1, 0.15) is 41.0 Å². The quantitative estimate of drug-likeness (QED) is 0.827. The first-order chi connectivity index (χ1) is 8.91. The lowest BCUT2D eigenvalue weighted by atomic mass is 10.0. The number of carbonyl (C=O) groups excluding carboxylic acids is 1. The van der Waals surface area contributed by atoms with Crippen LogP contribution < -0.4 is 5.32 Å². The fraction of sp³-hybridized carbons (Fsp3) is 0.438. The number of aromatic amines is 1. The summed E-state index contributed by atoms with van der Waals surface area (Å²) in [5.41, 5.74) is 5.22. The molecule has 3 heteroatoms. The van der Waals surface area contributed by atoms with E-state index < -0.39 is 0 Å². The molecule has 0 saturated carbocycles. The van der Waals surface area contributed by atoms with Crippen molar-refractivity contribution in [3.8, 4) is 0 Å². The summed E-state index contributed by atoms with van der Waals surface area (Å²) in [6, 6.07) is 4.49. The monoisotopic (exact) mass is 258 g/mol. The zero-order valence-electron chi connectivity index (χ0n) is 12.3. The van der Waals surface area contributed by atoms with Crippen LogP contribution in [-0.4, -0.2) is 23.4 Å². The molecule has 0 amide bonds. The highest BCUT2D eigenvalue weighted by Gasteiger charge is 2.18. The first kappa shape index (κ1) is 13.8. The van der Waals surface area contributed by atoms with E-state index in [2.05, 4.69) is 36.3 Å². The molecule has 19 heavy (non-hydrogen) atoms. The topological polar surface area (TPSA) is 44.9 Å². The highest BCUT2D eigenvalue weighted by Crippen LogP contribution is 2.28. The maximum atomic E-state index is 12.4. The smallest absolute Gasteiger partial charge is 0.179 e. The number of fused-ring (bicyclic) bond motifs is 1. The average Bonchev–Trinajstić information content (AvgIpc) is 2.69. The summed E-state index contributed by atoms with van der Waals surface area (Å²) in [5.74, 6) is 0.158. The SMILES string of the molecule is Cc1[nH]c2c(C)ccc(C)c2c1C(=O)CNC(C)C. The van der Waals surface area contributed by atoms with Gasteiger partial charge in [0.05, 0.1) is 6.54 Å². The number of rotatable bonds is 4. The third-order valence-electron chi connectivity index (χ3n) is 3.51. The summed E-state index contributed by atoms with van der Waals surface area (Å²) in [6.45, 7) is 10.6. The molecule has 0 fully saturated rings. The molecule has 3 nitrogen and oxygen atoms in total. The van der Waals surface area contributed by atoms with Crippen molar-refractivity contribution >= 4 is 16.7 Å². The lowest BCUT2D eigenvalue weighted by Gasteiger charge is -2.08. The van der Waals surface area contributed by atoms with Gasteiger partial charge in [-0.25, -0.2) is 0 Å². The van der Waals surface area contributed by atoms with E-state index in [0.29, 0.717) is 12.6 Å². The van der Waals surface area contributed by atoms with E-state index in [1.807, 2.05) is 20.8 Å². The first-order valence-corrected chi connectivity index (χ1v) is 6.77. The Morgan fingerprint density at radius 3 is 2.47 bits per heavy atom. The van der Waals surface area contributed by atoms with Crippen molar-refractivity contribution in [3.63, 3.8) is 0 Å². The number of aromatic nitrogens is 1. The summed E-state index contributed by atoms with van der Waals surface area (Å²) >= 11 is 0. The van der Waals surface area contributed by atoms with E-state index in [-0.39, 0.29) is 5.78 Å². The molecule has 0 spiro atoms. The van der Waals surface area contributed by atoms with Crippen molar-refractivity contribution in [2.75, 3.05) is 6.54 Å². The zero-order valence-corrected chi connectivity index (χ0v) is 12.3. The predicted octanol–water partition coefficient (Wildman–Crippen LogP) is 3.27. The van der Waals surface area contributed by atoms with Gasteiger partial charge in [0, 0.05) is 28.2 Å². The summed E-state index contributed by atoms with van der Waals surface area (Å²) in [6.07, 6.45) is 0. The molecule has 0 radical (unpaired) electrons. The predicted molar refractivity (Wildman–Crippen MR) is 80.0 cm³/mol. The molecule has 0 atom stereocenters. The number of aryl methyl sites for hydroxylation is 3. The van der Waals surface area contributed by atoms with Crippen LogP contribution in [0.2, 0.25) is 0 Å². The van der Waals surface area contributed by atoms with Gasteiger partial charge in [-0.3, -0.25) is 4.79 Å². The van der Waals surface area contributed by atoms with Crippen LogP contribution in [0.5, 0.6) is 0 Å². The van der Waals surface area contributed by atoms with Gasteiger partial charge < -0.3 is 10.3 Å². The second kappa shape index (κ2) is 5.17. The Kier molecular flexibility index (Phi) is 3.76. The fourth-order valence-electron chi connectivity index (χ4n) is 2.47. The van der Waals surface area contributed by atoms with E-state index in [1.54, 1.807) is 0 Å². The van der Waals surface area contributed by atoms with Gasteiger partial charge in [-0.15, -0.1) is 0 Å². The molecule has 2 aromatic rings. The van der Waals surface area contributed by atoms with Crippen molar-refractivity contribution in [2.24, 2.45) is 0 Å². The maximum absolute atomic E-state index is 12.4. The Morgan fingerprint density at radius 1 is 1.21 bits per heavy atom. The summed E-state index contributed by atoms with van der Waals surface area (Å²) in [5, 5.41) is 4.27. The normalized spacial score (nSPS) is 11.5. The minimum atomic E-state index is 0.158. The Morgan fingerprint density at radius 2 is 1.84 bits per heavy atom. The molecule has 102 valence electrons. The van der Waals surface area contributed by atoms with Crippen LogP contribution >= 0.6 is 0 Å². The second-order valence-corrected chi connectivity index (χ2v) is 5.53. The van der Waals surface area contributed by atoms with E-state index in [1.165, 1.54) is 5.56 Å². The Labute approximate surface area is 114 Å². The molecule has 1 heterocycles. The van der Waals surface area contributed by atoms with Gasteiger partial charge in [0.1, 0.15) is 0 Å². The number of ketones is 1. The molecular formula is C16H22N2O. The van der Waals surface area contributed by atoms with Gasteiger partial charge in [0.25, 0.3) is 0 Å². The van der Waals surface area contributed by atoms with E-state index >= 15 is 0 Å². The number of hydrogen-bond donors (Lipinski definition) is 2. The van der Waals surface area contributed by atoms with Crippen LogP contribution in [-0.2, 0) is 0 Å². The van der Waals surface area contributed by atoms with Crippen molar-refractivity contribution in [2.45, 2.75) is 40.7 Å². The zero-order chi connectivity index (χ0) is 14.2. The summed E-state index contributed by atoms with van der Waals surface area (Å²) in [7, 11) is 0. The largest absolute Gasteiger partial charge is 0.358 e. The van der Waals surface area contributed by atoms with E-state index in [0.717, 1.165) is 27.7 Å². The molecule has 1 aromatic carbocycles. The van der Waals surface area contributed by atoms with Crippen LogP contribution in [0.4, 0.5) is 0 Å². The summed E-state index contributed by atoms with van der Waals surface area (Å²) < 4.78 is 0. The van der Waals surface area contributed by atoms with Crippen molar-refractivity contribution in [1.29, 1.82) is 0 Å². The molecule has 1 aromatic heterocycles. The van der Waals surface area contributed by atoms with Gasteiger partial charge in [-0.2, -0.15) is 0 Å². The minimum absolute atomic E-state index is 0.158. The molecule has 0 aliphatic rings. The summed E-state index contributed by atoms with van der Waals surface area (Å²) in [4.78, 5) is 15.8. The number of H-pyrrole nitrogens is 1. The minimum Gasteiger partial charge on any atom is -0.358 e. The van der Waals surface area contributed by atoms with E-state index in [4.69, 9.17) is 0 Å². The van der Waals surface area contributed by atoms with Crippen molar-refractivity contribution < 1.29 is 4.79 Å². The number of hydrogen-bond acceptors (Lipinski definition) is 2. The van der Waals surface area contributed by atoms with Crippen molar-refractivity contribution in [3.05, 3.63) is 34.5 Å². The van der Waals surface area contributed by atoms with Gasteiger partial charge in [-0.05, 0) is 31.9 Å². The van der Waals surface area contributed by atoms with Gasteiger partial charge in [-0.1, -0.05) is 26.0 Å². The van der Waals surface area contributed by atoms with E-state index in [9.17, 15) is 4.79 Å². The molecular weight excluding hydrogens is 236 g/mol. The molecule has 2 rings (SSSR count). The number of carbonyl (C=O) groups is 1. The molecule has 2 N–H and O–H groups in total. The first-order valence-electron chi connectivity index (χ1n) is 6.77. The Hall–Kier alpha value is -1.61. The number of Topliss-reactive ketones (excluding diaryl/α,β-unsaturated/α-hetero) is 1. The maximum Gasteiger partial charge on any atom is 0.179 e. The standard InChI is InChI=1S/C16H22N2O/c1-9(2)17-8-13(19)15-12(5)18-16-11(4)7-6-10(3)14(15)16/h6-7,9,17-18H,8H2,1-5H3. The Balaban J connectivity index is 2.51. The highest BCUT2D eigenvalue weighted by atomic mass is 16.1. The van der Waals surface area contributed by atoms with Gasteiger partial charge in [0.15, 0.2) is 5.78 Å². The lowest BCUT2D eigenvalue weighted by Crippen LogP contribution is -2.29. The third kappa shape index (κ3) is 2.56. The molecule has 0 aliphatic carbocycles. The van der Waals surface area contributed by atoms with Gasteiger partial charge in [0.2, 0.25) is 0 Å². The van der Waals surface area contributed by atoms with Crippen molar-refractivity contribution in [1.82, 2.24) is 10.3 Å². The van der Waals surface area contributed by atoms with Crippen LogP contribution in [0.15, 0.2) is 12.1 Å².